The number of aryl methyl sites for hydroxylation is 3. The Bertz CT molecular complexity index is 978. The summed E-state index contributed by atoms with van der Waals surface area (Å²) in [4.78, 5) is 13.8. The second-order valence-corrected chi connectivity index (χ2v) is 7.63. The van der Waals surface area contributed by atoms with E-state index in [2.05, 4.69) is 40.4 Å². The first-order valence-corrected chi connectivity index (χ1v) is 9.87. The largest absolute Gasteiger partial charge is 0.376 e. The van der Waals surface area contributed by atoms with Gasteiger partial charge in [0.25, 0.3) is 0 Å². The first-order valence-electron chi connectivity index (χ1n) is 9.87. The highest BCUT2D eigenvalue weighted by molar-refractivity contribution is 5.86. The predicted molar refractivity (Wildman–Crippen MR) is 107 cm³/mol. The second-order valence-electron chi connectivity index (χ2n) is 7.63. The fraction of sp³-hybridized carbons (Fsp3) is 0.409. The molecule has 1 aliphatic carbocycles. The summed E-state index contributed by atoms with van der Waals surface area (Å²) in [5.74, 6) is 0.643. The minimum Gasteiger partial charge on any atom is -0.376 e. The molecule has 1 aromatic carbocycles. The van der Waals surface area contributed by atoms with Crippen LogP contribution < -0.4 is 5.32 Å². The number of fused-ring (bicyclic) bond motifs is 2. The number of rotatable bonds is 4. The van der Waals surface area contributed by atoms with Crippen LogP contribution in [0.1, 0.15) is 36.0 Å². The molecule has 0 bridgehead atoms. The molecule has 1 aliphatic heterocycles. The van der Waals surface area contributed by atoms with Crippen molar-refractivity contribution in [3.63, 3.8) is 0 Å². The number of aromatic nitrogens is 3. The highest BCUT2D eigenvalue weighted by Gasteiger charge is 2.16. The van der Waals surface area contributed by atoms with Crippen molar-refractivity contribution in [2.75, 3.05) is 18.5 Å². The molecule has 0 saturated carbocycles. The normalized spacial score (nSPS) is 18.8. The van der Waals surface area contributed by atoms with E-state index < -0.39 is 0 Å². The van der Waals surface area contributed by atoms with E-state index in [1.807, 2.05) is 12.4 Å². The molecular formula is C22H24N4O. The number of anilines is 1. The second kappa shape index (κ2) is 6.89. The van der Waals surface area contributed by atoms with Crippen molar-refractivity contribution >= 4 is 16.9 Å². The molecule has 3 heterocycles. The van der Waals surface area contributed by atoms with Crippen molar-refractivity contribution in [2.24, 2.45) is 0 Å². The monoisotopic (exact) mass is 360 g/mol. The number of hydrogen-bond donors (Lipinski definition) is 1. The lowest BCUT2D eigenvalue weighted by atomic mass is 10.0. The van der Waals surface area contributed by atoms with Crippen molar-refractivity contribution in [1.82, 2.24) is 15.0 Å². The molecule has 0 spiro atoms. The summed E-state index contributed by atoms with van der Waals surface area (Å²) in [5, 5.41) is 4.53. The Balaban J connectivity index is 1.40. The third kappa shape index (κ3) is 3.28. The average molecular weight is 360 g/mol. The minimum atomic E-state index is 0.278. The van der Waals surface area contributed by atoms with Gasteiger partial charge in [0.2, 0.25) is 5.95 Å². The van der Waals surface area contributed by atoms with Gasteiger partial charge >= 0.3 is 0 Å². The summed E-state index contributed by atoms with van der Waals surface area (Å²) in [6, 6.07) is 6.74. The van der Waals surface area contributed by atoms with Crippen molar-refractivity contribution in [3.8, 4) is 11.3 Å². The molecule has 1 fully saturated rings. The fourth-order valence-corrected chi connectivity index (χ4v) is 4.17. The summed E-state index contributed by atoms with van der Waals surface area (Å²) in [6.45, 7) is 3.79. The summed E-state index contributed by atoms with van der Waals surface area (Å²) in [7, 11) is 0. The molecule has 138 valence electrons. The van der Waals surface area contributed by atoms with Gasteiger partial charge in [-0.25, -0.2) is 15.0 Å². The Labute approximate surface area is 159 Å². The molecular weight excluding hydrogens is 336 g/mol. The lowest BCUT2D eigenvalue weighted by molar-refractivity contribution is 0.120. The van der Waals surface area contributed by atoms with E-state index in [0.717, 1.165) is 42.8 Å². The third-order valence-electron chi connectivity index (χ3n) is 5.69. The molecule has 0 amide bonds. The fourth-order valence-electron chi connectivity index (χ4n) is 4.17. The van der Waals surface area contributed by atoms with Crippen LogP contribution in [0, 0.1) is 6.92 Å². The van der Waals surface area contributed by atoms with Gasteiger partial charge in [-0.2, -0.15) is 0 Å². The first-order chi connectivity index (χ1) is 13.3. The molecule has 5 heteroatoms. The van der Waals surface area contributed by atoms with Gasteiger partial charge < -0.3 is 10.1 Å². The molecule has 0 radical (unpaired) electrons. The van der Waals surface area contributed by atoms with E-state index in [1.54, 1.807) is 0 Å². The smallest absolute Gasteiger partial charge is 0.222 e. The van der Waals surface area contributed by atoms with Crippen LogP contribution in [0.15, 0.2) is 30.6 Å². The van der Waals surface area contributed by atoms with E-state index >= 15 is 0 Å². The highest BCUT2D eigenvalue weighted by atomic mass is 16.5. The number of benzene rings is 1. The van der Waals surface area contributed by atoms with Crippen molar-refractivity contribution < 1.29 is 4.74 Å². The molecule has 1 saturated heterocycles. The van der Waals surface area contributed by atoms with Crippen LogP contribution in [-0.4, -0.2) is 34.2 Å². The van der Waals surface area contributed by atoms with Crippen LogP contribution in [0.25, 0.3) is 22.2 Å². The Hall–Kier alpha value is -2.53. The summed E-state index contributed by atoms with van der Waals surface area (Å²) in [5.41, 5.74) is 7.16. The van der Waals surface area contributed by atoms with Gasteiger partial charge in [0.15, 0.2) is 0 Å². The van der Waals surface area contributed by atoms with E-state index in [1.165, 1.54) is 41.3 Å². The van der Waals surface area contributed by atoms with E-state index in [-0.39, 0.29) is 6.10 Å². The number of pyridine rings is 1. The molecule has 5 nitrogen and oxygen atoms in total. The number of nitrogens with one attached hydrogen (secondary N) is 1. The maximum atomic E-state index is 5.63. The van der Waals surface area contributed by atoms with Gasteiger partial charge in [-0.1, -0.05) is 0 Å². The first kappa shape index (κ1) is 16.6. The van der Waals surface area contributed by atoms with Gasteiger partial charge in [-0.3, -0.25) is 0 Å². The maximum Gasteiger partial charge on any atom is 0.222 e. The number of hydrogen-bond acceptors (Lipinski definition) is 5. The maximum absolute atomic E-state index is 5.63. The van der Waals surface area contributed by atoms with Crippen LogP contribution >= 0.6 is 0 Å². The van der Waals surface area contributed by atoms with Gasteiger partial charge in [0.1, 0.15) is 0 Å². The number of ether oxygens (including phenoxy) is 1. The Kier molecular flexibility index (Phi) is 4.24. The molecule has 2 aliphatic rings. The molecule has 2 aromatic heterocycles. The Morgan fingerprint density at radius 2 is 1.89 bits per heavy atom. The lowest BCUT2D eigenvalue weighted by Gasteiger charge is -2.11. The zero-order chi connectivity index (χ0) is 18.2. The molecule has 3 aromatic rings. The predicted octanol–water partition coefficient (Wildman–Crippen LogP) is 4.08. The summed E-state index contributed by atoms with van der Waals surface area (Å²) >= 11 is 0. The minimum absolute atomic E-state index is 0.278. The van der Waals surface area contributed by atoms with Crippen LogP contribution in [0.5, 0.6) is 0 Å². The zero-order valence-corrected chi connectivity index (χ0v) is 15.7. The topological polar surface area (TPSA) is 59.9 Å². The molecule has 1 atom stereocenters. The molecule has 5 rings (SSSR count). The molecule has 27 heavy (non-hydrogen) atoms. The summed E-state index contributed by atoms with van der Waals surface area (Å²) < 4.78 is 5.63. The zero-order valence-electron chi connectivity index (χ0n) is 15.7. The van der Waals surface area contributed by atoms with E-state index in [9.17, 15) is 0 Å². The van der Waals surface area contributed by atoms with E-state index in [4.69, 9.17) is 9.72 Å². The van der Waals surface area contributed by atoms with Gasteiger partial charge in [0.05, 0.1) is 17.3 Å². The van der Waals surface area contributed by atoms with Gasteiger partial charge in [0, 0.05) is 36.5 Å². The van der Waals surface area contributed by atoms with Crippen LogP contribution in [0.3, 0.4) is 0 Å². The van der Waals surface area contributed by atoms with Crippen molar-refractivity contribution in [1.29, 1.82) is 0 Å². The lowest BCUT2D eigenvalue weighted by Crippen LogP contribution is -2.19. The SMILES string of the molecule is Cc1cc(-c2cnc(NCC3CCCO3)nc2)nc2cc3c(cc12)CCC3. The molecule has 1 N–H and O–H groups in total. The standard InChI is InChI=1S/C22H24N4O/c1-14-8-20(26-21-10-16-5-2-4-15(16)9-19(14)21)17-11-23-22(24-12-17)25-13-18-6-3-7-27-18/h8-12,18H,2-7,13H2,1H3,(H,23,24,25). The van der Waals surface area contributed by atoms with Gasteiger partial charge in [-0.05, 0) is 73.9 Å². The van der Waals surface area contributed by atoms with E-state index in [0.29, 0.717) is 5.95 Å². The van der Waals surface area contributed by atoms with Crippen LogP contribution in [0.4, 0.5) is 5.95 Å². The van der Waals surface area contributed by atoms with Crippen LogP contribution in [-0.2, 0) is 17.6 Å². The average Bonchev–Trinajstić information content (AvgIpc) is 3.37. The highest BCUT2D eigenvalue weighted by Crippen LogP contribution is 2.30. The summed E-state index contributed by atoms with van der Waals surface area (Å²) in [6.07, 6.45) is 9.85. The van der Waals surface area contributed by atoms with Crippen molar-refractivity contribution in [2.45, 2.75) is 45.1 Å². The number of nitrogens with zero attached hydrogens (tertiary/aromatic N) is 3. The van der Waals surface area contributed by atoms with Crippen molar-refractivity contribution in [3.05, 3.63) is 47.3 Å². The van der Waals surface area contributed by atoms with Gasteiger partial charge in [-0.15, -0.1) is 0 Å². The Morgan fingerprint density at radius 3 is 2.67 bits per heavy atom. The quantitative estimate of drug-likeness (QED) is 0.760. The third-order valence-corrected chi connectivity index (χ3v) is 5.69. The van der Waals surface area contributed by atoms with Crippen LogP contribution in [0.2, 0.25) is 0 Å². The molecule has 1 unspecified atom stereocenters. The Morgan fingerprint density at radius 1 is 1.07 bits per heavy atom.